The average Bonchev–Trinajstić information content (AvgIpc) is 3.28. The fraction of sp³-hybridized carbons (Fsp3) is 0.986. The van der Waals surface area contributed by atoms with Crippen molar-refractivity contribution < 1.29 is 0 Å². The van der Waals surface area contributed by atoms with E-state index in [9.17, 15) is 0 Å². The minimum absolute atomic E-state index is 1.32. The first-order valence-corrected chi connectivity index (χ1v) is 69.6. The summed E-state index contributed by atoms with van der Waals surface area (Å²) in [5, 5.41) is 0. The number of rotatable bonds is 0. The van der Waals surface area contributed by atoms with Gasteiger partial charge in [-0.15, -0.1) is 0 Å². The van der Waals surface area contributed by atoms with Gasteiger partial charge in [0.15, 0.2) is 0 Å². The zero-order chi connectivity index (χ0) is 99.0. The lowest BCUT2D eigenvalue weighted by molar-refractivity contribution is 0.504. The van der Waals surface area contributed by atoms with Gasteiger partial charge in [0.05, 0.1) is 0 Å². The Hall–Kier alpha value is -0.260. The van der Waals surface area contributed by atoms with Crippen molar-refractivity contribution in [3.63, 3.8) is 0 Å². The van der Waals surface area contributed by atoms with E-state index in [0.717, 1.165) is 0 Å². The van der Waals surface area contributed by atoms with Crippen LogP contribution in [0.5, 0.6) is 0 Å². The molecule has 35 aliphatic carbocycles. The molecule has 0 aliphatic heterocycles. The lowest BCUT2D eigenvalue weighted by Crippen LogP contribution is -1.85. The summed E-state index contributed by atoms with van der Waals surface area (Å²) in [5.74, 6) is 0. The maximum Gasteiger partial charge on any atom is -0.0316 e. The summed E-state index contributed by atoms with van der Waals surface area (Å²) < 4.78 is 0. The predicted molar refractivity (Wildman–Crippen MR) is 646 cm³/mol. The third-order valence-corrected chi connectivity index (χ3v) is 34.7. The van der Waals surface area contributed by atoms with Gasteiger partial charge >= 0.3 is 0 Å². The van der Waals surface area contributed by atoms with Crippen molar-refractivity contribution in [3.8, 4) is 0 Å². The van der Waals surface area contributed by atoms with Gasteiger partial charge in [-0.25, -0.2) is 0 Å². The topological polar surface area (TPSA) is 0 Å². The maximum absolute atomic E-state index is 2.18. The summed E-state index contributed by atoms with van der Waals surface area (Å²) in [5.41, 5.74) is 0. The fourth-order valence-corrected chi connectivity index (χ4v) is 8.67. The zero-order valence-corrected chi connectivity index (χ0v) is 98.7. The first-order chi connectivity index (χ1) is 70.0. The van der Waals surface area contributed by atoms with Crippen LogP contribution in [0.15, 0.2) is 12.2 Å². The Morgan fingerprint density at radius 2 is 0.0500 bits per heavy atom. The second kappa shape index (κ2) is 135. The van der Waals surface area contributed by atoms with Crippen LogP contribution in [0.25, 0.3) is 0 Å². The van der Waals surface area contributed by atoms with Crippen LogP contribution in [-0.2, 0) is 0 Å². The normalized spacial score (nSPS) is 23.9. The number of hydrogen-bond donors (Lipinski definition) is 0. The standard InChI is InChI=1S/34C4H8.C4H6/c35*1-2-4-3-1/h34*1-4H2;1-2H,3-4H2. The molecule has 0 amide bonds. The van der Waals surface area contributed by atoms with Gasteiger partial charge in [0.1, 0.15) is 0 Å². The molecule has 35 aliphatic rings. The molecule has 0 nitrogen and oxygen atoms in total. The molecule has 0 spiro atoms. The van der Waals surface area contributed by atoms with Crippen LogP contribution in [0.4, 0.5) is 0 Å². The highest BCUT2D eigenvalue weighted by Crippen LogP contribution is 2.28. The summed E-state index contributed by atoms with van der Waals surface area (Å²) in [6.45, 7) is 0. The third-order valence-electron chi connectivity index (χ3n) is 34.7. The second-order valence-electron chi connectivity index (χ2n) is 49.1. The summed E-state index contributed by atoms with van der Waals surface area (Å²) in [6, 6.07) is 0. The highest BCUT2D eigenvalue weighted by Gasteiger charge is 2.08. The van der Waals surface area contributed by atoms with Gasteiger partial charge in [-0.05, 0) is 12.8 Å². The first-order valence-electron chi connectivity index (χ1n) is 69.6. The highest BCUT2D eigenvalue weighted by molar-refractivity contribution is 4.93. The molecule has 0 aromatic heterocycles. The van der Waals surface area contributed by atoms with Gasteiger partial charge in [0.25, 0.3) is 0 Å². The molecule has 34 fully saturated rings. The SMILES string of the molecule is C1=CCC1.C1CCC1.C1CCC1.C1CCC1.C1CCC1.C1CCC1.C1CCC1.C1CCC1.C1CCC1.C1CCC1.C1CCC1.C1CCC1.C1CCC1.C1CCC1.C1CCC1.C1CCC1.C1CCC1.C1CCC1.C1CCC1.C1CCC1.C1CCC1.C1CCC1.C1CCC1.C1CCC1.C1CCC1.C1CCC1.C1CCC1.C1CCC1.C1CCC1.C1CCC1.C1CCC1.C1CCC1.C1CCC1.C1CCC1.C1CCC1. The van der Waals surface area contributed by atoms with Gasteiger partial charge < -0.3 is 0 Å². The van der Waals surface area contributed by atoms with E-state index in [0.29, 0.717) is 0 Å². The van der Waals surface area contributed by atoms with Crippen molar-refractivity contribution in [1.82, 2.24) is 0 Å². The monoisotopic (exact) mass is 1960 g/mol. The average molecular weight is 1960 g/mol. The summed E-state index contributed by atoms with van der Waals surface area (Å²) in [7, 11) is 0. The van der Waals surface area contributed by atoms with E-state index in [1.807, 2.05) is 0 Å². The molecular weight excluding hydrogens is 1680 g/mol. The highest BCUT2D eigenvalue weighted by atomic mass is 14.1. The van der Waals surface area contributed by atoms with E-state index in [4.69, 9.17) is 0 Å². The molecule has 0 unspecified atom stereocenters. The maximum atomic E-state index is 2.18. The summed E-state index contributed by atoms with van der Waals surface area (Å²) in [4.78, 5) is 0. The van der Waals surface area contributed by atoms with Crippen molar-refractivity contribution in [2.24, 2.45) is 0 Å². The van der Waals surface area contributed by atoms with Gasteiger partial charge in [-0.3, -0.25) is 0 Å². The number of allylic oxidation sites excluding steroid dienone is 2. The van der Waals surface area contributed by atoms with Crippen molar-refractivity contribution in [1.29, 1.82) is 0 Å². The molecule has 0 atom stereocenters. The Bertz CT molecular complexity index is 1070. The minimum Gasteiger partial charge on any atom is -0.0882 e. The number of hydrogen-bond acceptors (Lipinski definition) is 0. The molecule has 34 saturated carbocycles. The van der Waals surface area contributed by atoms with Crippen molar-refractivity contribution >= 4 is 0 Å². The Labute approximate surface area is 892 Å². The second-order valence-corrected chi connectivity index (χ2v) is 49.1. The molecule has 0 radical (unpaired) electrons. The van der Waals surface area contributed by atoms with Crippen LogP contribution in [0.2, 0.25) is 0 Å². The van der Waals surface area contributed by atoms with E-state index < -0.39 is 0 Å². The molecule has 140 heavy (non-hydrogen) atoms. The van der Waals surface area contributed by atoms with Gasteiger partial charge in [-0.1, -0.05) is 885 Å². The third kappa shape index (κ3) is 132. The van der Waals surface area contributed by atoms with Crippen molar-refractivity contribution in [3.05, 3.63) is 12.2 Å². The summed E-state index contributed by atoms with van der Waals surface area (Å²) in [6.07, 6.45) is 211. The molecule has 838 valence electrons. The van der Waals surface area contributed by atoms with E-state index in [-0.39, 0.29) is 0 Å². The van der Waals surface area contributed by atoms with Gasteiger partial charge in [-0.2, -0.15) is 0 Å². The van der Waals surface area contributed by atoms with E-state index >= 15 is 0 Å². The minimum atomic E-state index is 1.32. The molecule has 0 aromatic rings. The van der Waals surface area contributed by atoms with Crippen molar-refractivity contribution in [2.75, 3.05) is 0 Å². The fourth-order valence-electron chi connectivity index (χ4n) is 8.67. The van der Waals surface area contributed by atoms with Gasteiger partial charge in [0.2, 0.25) is 0 Å². The van der Waals surface area contributed by atoms with Gasteiger partial charge in [0, 0.05) is 0 Å². The van der Waals surface area contributed by atoms with Crippen LogP contribution in [0.3, 0.4) is 0 Å². The Morgan fingerprint density at radius 1 is 0.0357 bits per heavy atom. The van der Waals surface area contributed by atoms with Crippen molar-refractivity contribution in [2.45, 2.75) is 886 Å². The van der Waals surface area contributed by atoms with Crippen LogP contribution >= 0.6 is 0 Å². The molecule has 0 bridgehead atoms. The van der Waals surface area contributed by atoms with Crippen LogP contribution in [-0.4, -0.2) is 0 Å². The predicted octanol–water partition coefficient (Wildman–Crippen LogP) is 54.4. The van der Waals surface area contributed by atoms with E-state index in [1.54, 1.807) is 0 Å². The Morgan fingerprint density at radius 3 is 0.0500 bits per heavy atom. The largest absolute Gasteiger partial charge is 0.0882 e. The molecule has 0 heteroatoms. The Balaban J connectivity index is 0.000000721. The lowest BCUT2D eigenvalue weighted by atomic mass is 10.0. The molecule has 35 rings (SSSR count). The molecule has 0 N–H and O–H groups in total. The molecular formula is C140H278. The lowest BCUT2D eigenvalue weighted by Gasteiger charge is -2.05. The van der Waals surface area contributed by atoms with Crippen LogP contribution < -0.4 is 0 Å². The molecule has 0 saturated heterocycles. The molecule has 0 heterocycles. The first kappa shape index (κ1) is 138. The smallest absolute Gasteiger partial charge is 0.0316 e. The van der Waals surface area contributed by atoms with Crippen LogP contribution in [0.1, 0.15) is 886 Å². The van der Waals surface area contributed by atoms with E-state index in [2.05, 4.69) is 12.2 Å². The Kier molecular flexibility index (Phi) is 133. The zero-order valence-electron chi connectivity index (χ0n) is 98.7. The quantitative estimate of drug-likeness (QED) is 0.212. The molecule has 0 aromatic carbocycles. The summed E-state index contributed by atoms with van der Waals surface area (Å²) >= 11 is 0. The van der Waals surface area contributed by atoms with Crippen LogP contribution in [0, 0.1) is 0 Å². The van der Waals surface area contributed by atoms with E-state index in [1.165, 1.54) is 886 Å².